The maximum absolute atomic E-state index is 13.9. The molecule has 31 heavy (non-hydrogen) atoms. The lowest BCUT2D eigenvalue weighted by atomic mass is 10.1. The van der Waals surface area contributed by atoms with E-state index >= 15 is 0 Å². The fourth-order valence-electron chi connectivity index (χ4n) is 3.16. The number of rotatable bonds is 12. The van der Waals surface area contributed by atoms with Crippen LogP contribution in [0.3, 0.4) is 0 Å². The van der Waals surface area contributed by atoms with Crippen LogP contribution in [-0.2, 0) is 21.9 Å². The zero-order valence-corrected chi connectivity index (χ0v) is 19.6. The lowest BCUT2D eigenvalue weighted by Gasteiger charge is -2.30. The molecule has 0 fully saturated rings. The minimum Gasteiger partial charge on any atom is -0.354 e. The van der Waals surface area contributed by atoms with Gasteiger partial charge in [0.1, 0.15) is 11.9 Å². The van der Waals surface area contributed by atoms with Crippen LogP contribution in [0.2, 0.25) is 5.02 Å². The third-order valence-electron chi connectivity index (χ3n) is 4.92. The molecule has 0 aliphatic heterocycles. The van der Waals surface area contributed by atoms with Gasteiger partial charge in [-0.3, -0.25) is 9.59 Å². The predicted octanol–water partition coefficient (Wildman–Crippen LogP) is 5.44. The van der Waals surface area contributed by atoms with Gasteiger partial charge in [-0.2, -0.15) is 0 Å². The van der Waals surface area contributed by atoms with E-state index in [1.165, 1.54) is 17.8 Å². The Morgan fingerprint density at radius 1 is 1.13 bits per heavy atom. The maximum atomic E-state index is 13.9. The monoisotopic (exact) mass is 464 g/mol. The highest BCUT2D eigenvalue weighted by atomic mass is 35.5. The van der Waals surface area contributed by atoms with Gasteiger partial charge in [0.05, 0.1) is 5.75 Å². The Hall–Kier alpha value is -2.05. The largest absolute Gasteiger partial charge is 0.354 e. The van der Waals surface area contributed by atoms with Crippen LogP contribution in [0.1, 0.15) is 44.2 Å². The molecule has 0 aliphatic rings. The van der Waals surface area contributed by atoms with E-state index in [9.17, 15) is 14.0 Å². The number of carbonyl (C=O) groups excluding carboxylic acids is 2. The standard InChI is InChI=1S/C24H30ClFN2O2S/c1-3-5-14-27-24(30)22(4-2)28(15-18-10-12-20(25)13-11-18)23(29)17-31-16-19-8-6-7-9-21(19)26/h6-13,22H,3-5,14-17H2,1-2H3,(H,27,30). The van der Waals surface area contributed by atoms with Crippen LogP contribution in [0.25, 0.3) is 0 Å². The Balaban J connectivity index is 2.10. The average molecular weight is 465 g/mol. The number of hydrogen-bond donors (Lipinski definition) is 1. The molecule has 0 saturated carbocycles. The number of amides is 2. The molecule has 2 amide bonds. The molecule has 0 saturated heterocycles. The second-order valence-corrected chi connectivity index (χ2v) is 8.72. The zero-order chi connectivity index (χ0) is 22.6. The fourth-order valence-corrected chi connectivity index (χ4v) is 4.18. The molecule has 0 bridgehead atoms. The van der Waals surface area contributed by atoms with Gasteiger partial charge in [0.2, 0.25) is 11.8 Å². The first-order valence-corrected chi connectivity index (χ1v) is 12.1. The number of nitrogens with zero attached hydrogens (tertiary/aromatic N) is 1. The second-order valence-electron chi connectivity index (χ2n) is 7.30. The van der Waals surface area contributed by atoms with Crippen molar-refractivity contribution in [1.29, 1.82) is 0 Å². The van der Waals surface area contributed by atoms with Crippen LogP contribution in [-0.4, -0.2) is 35.1 Å². The van der Waals surface area contributed by atoms with Crippen LogP contribution in [0.4, 0.5) is 4.39 Å². The highest BCUT2D eigenvalue weighted by Crippen LogP contribution is 2.19. The molecule has 1 N–H and O–H groups in total. The molecule has 0 radical (unpaired) electrons. The summed E-state index contributed by atoms with van der Waals surface area (Å²) in [7, 11) is 0. The third kappa shape index (κ3) is 8.19. The molecule has 0 aliphatic carbocycles. The number of benzene rings is 2. The average Bonchev–Trinajstić information content (AvgIpc) is 2.76. The summed E-state index contributed by atoms with van der Waals surface area (Å²) in [6.45, 7) is 4.87. The van der Waals surface area contributed by atoms with Crippen molar-refractivity contribution in [3.8, 4) is 0 Å². The summed E-state index contributed by atoms with van der Waals surface area (Å²) < 4.78 is 13.9. The Morgan fingerprint density at radius 2 is 1.84 bits per heavy atom. The summed E-state index contributed by atoms with van der Waals surface area (Å²) in [4.78, 5) is 27.6. The van der Waals surface area contributed by atoms with Gasteiger partial charge in [-0.1, -0.05) is 62.2 Å². The Labute approximate surface area is 193 Å². The van der Waals surface area contributed by atoms with Crippen molar-refractivity contribution in [3.63, 3.8) is 0 Å². The van der Waals surface area contributed by atoms with E-state index in [0.717, 1.165) is 18.4 Å². The first-order valence-electron chi connectivity index (χ1n) is 10.6. The summed E-state index contributed by atoms with van der Waals surface area (Å²) in [6, 6.07) is 13.3. The molecule has 0 heterocycles. The van der Waals surface area contributed by atoms with Crippen LogP contribution < -0.4 is 5.32 Å². The van der Waals surface area contributed by atoms with Crippen molar-refractivity contribution in [1.82, 2.24) is 10.2 Å². The van der Waals surface area contributed by atoms with Crippen LogP contribution >= 0.6 is 23.4 Å². The SMILES string of the molecule is CCCCNC(=O)C(CC)N(Cc1ccc(Cl)cc1)C(=O)CSCc1ccccc1F. The zero-order valence-electron chi connectivity index (χ0n) is 18.1. The third-order valence-corrected chi connectivity index (χ3v) is 6.14. The number of thioether (sulfide) groups is 1. The number of unbranched alkanes of at least 4 members (excludes halogenated alkanes) is 1. The number of nitrogens with one attached hydrogen (secondary N) is 1. The molecule has 4 nitrogen and oxygen atoms in total. The van der Waals surface area contributed by atoms with E-state index in [1.54, 1.807) is 35.2 Å². The lowest BCUT2D eigenvalue weighted by Crippen LogP contribution is -2.49. The Bertz CT molecular complexity index is 848. The maximum Gasteiger partial charge on any atom is 0.242 e. The summed E-state index contributed by atoms with van der Waals surface area (Å²) >= 11 is 7.33. The van der Waals surface area contributed by atoms with Crippen molar-refractivity contribution in [3.05, 3.63) is 70.5 Å². The first-order chi connectivity index (χ1) is 15.0. The van der Waals surface area contributed by atoms with Gasteiger partial charge in [0.15, 0.2) is 0 Å². The van der Waals surface area contributed by atoms with Crippen LogP contribution in [0.15, 0.2) is 48.5 Å². The molecule has 168 valence electrons. The van der Waals surface area contributed by atoms with Crippen molar-refractivity contribution < 1.29 is 14.0 Å². The summed E-state index contributed by atoms with van der Waals surface area (Å²) in [5, 5.41) is 3.56. The molecule has 1 atom stereocenters. The topological polar surface area (TPSA) is 49.4 Å². The van der Waals surface area contributed by atoms with Crippen LogP contribution in [0, 0.1) is 5.82 Å². The van der Waals surface area contributed by atoms with Gasteiger partial charge in [0.25, 0.3) is 0 Å². The lowest BCUT2D eigenvalue weighted by molar-refractivity contribution is -0.139. The fraction of sp³-hybridized carbons (Fsp3) is 0.417. The quantitative estimate of drug-likeness (QED) is 0.426. The second kappa shape index (κ2) is 13.4. The molecule has 0 aromatic heterocycles. The smallest absolute Gasteiger partial charge is 0.242 e. The highest BCUT2D eigenvalue weighted by Gasteiger charge is 2.28. The van der Waals surface area contributed by atoms with Crippen molar-refractivity contribution in [2.45, 2.75) is 51.4 Å². The van der Waals surface area contributed by atoms with Crippen LogP contribution in [0.5, 0.6) is 0 Å². The minimum absolute atomic E-state index is 0.141. The van der Waals surface area contributed by atoms with Gasteiger partial charge in [-0.05, 0) is 42.2 Å². The Morgan fingerprint density at radius 3 is 2.48 bits per heavy atom. The van der Waals surface area contributed by atoms with E-state index in [4.69, 9.17) is 11.6 Å². The highest BCUT2D eigenvalue weighted by molar-refractivity contribution is 7.99. The summed E-state index contributed by atoms with van der Waals surface area (Å²) in [6.07, 6.45) is 2.39. The molecular formula is C24H30ClFN2O2S. The van der Waals surface area contributed by atoms with E-state index in [0.29, 0.717) is 35.8 Å². The van der Waals surface area contributed by atoms with Gasteiger partial charge in [-0.25, -0.2) is 4.39 Å². The molecule has 7 heteroatoms. The van der Waals surface area contributed by atoms with Crippen molar-refractivity contribution in [2.24, 2.45) is 0 Å². The van der Waals surface area contributed by atoms with E-state index in [-0.39, 0.29) is 23.4 Å². The number of carbonyl (C=O) groups is 2. The van der Waals surface area contributed by atoms with Gasteiger partial charge in [-0.15, -0.1) is 11.8 Å². The molecule has 2 rings (SSSR count). The molecule has 0 spiro atoms. The Kier molecular flexibility index (Phi) is 10.9. The first kappa shape index (κ1) is 25.2. The van der Waals surface area contributed by atoms with E-state index in [2.05, 4.69) is 12.2 Å². The molecular weight excluding hydrogens is 435 g/mol. The van der Waals surface area contributed by atoms with Gasteiger partial charge < -0.3 is 10.2 Å². The van der Waals surface area contributed by atoms with E-state index < -0.39 is 6.04 Å². The molecule has 2 aromatic rings. The minimum atomic E-state index is -0.561. The summed E-state index contributed by atoms with van der Waals surface area (Å²) in [5.41, 5.74) is 1.46. The summed E-state index contributed by atoms with van der Waals surface area (Å²) in [5.74, 6) is 0.00114. The molecule has 1 unspecified atom stereocenters. The number of halogens is 2. The van der Waals surface area contributed by atoms with Crippen molar-refractivity contribution in [2.75, 3.05) is 12.3 Å². The predicted molar refractivity (Wildman–Crippen MR) is 127 cm³/mol. The van der Waals surface area contributed by atoms with Gasteiger partial charge in [0, 0.05) is 23.9 Å². The van der Waals surface area contributed by atoms with E-state index in [1.807, 2.05) is 19.1 Å². The van der Waals surface area contributed by atoms with Crippen molar-refractivity contribution >= 4 is 35.2 Å². The number of hydrogen-bond acceptors (Lipinski definition) is 3. The normalized spacial score (nSPS) is 11.7. The molecule has 2 aromatic carbocycles. The van der Waals surface area contributed by atoms with Gasteiger partial charge >= 0.3 is 0 Å².